The zero-order valence-corrected chi connectivity index (χ0v) is 13.8. The molecule has 0 aromatic rings. The van der Waals surface area contributed by atoms with Gasteiger partial charge in [-0.15, -0.1) is 0 Å². The summed E-state index contributed by atoms with van der Waals surface area (Å²) in [7, 11) is 1.89. The molecule has 1 heterocycles. The molecule has 3 nitrogen and oxygen atoms in total. The first kappa shape index (κ1) is 16.0. The molecule has 106 valence electrons. The van der Waals surface area contributed by atoms with Crippen molar-refractivity contribution in [2.45, 2.75) is 31.4 Å². The predicted molar refractivity (Wildman–Crippen MR) is 87.1 cm³/mol. The molecule has 0 amide bonds. The average molecular weight is 290 g/mol. The van der Waals surface area contributed by atoms with E-state index in [1.807, 2.05) is 18.8 Å². The maximum Gasteiger partial charge on any atom is 0.193 e. The summed E-state index contributed by atoms with van der Waals surface area (Å²) in [5.74, 6) is 3.53. The number of guanidine groups is 1. The Morgan fingerprint density at radius 2 is 2.22 bits per heavy atom. The summed E-state index contributed by atoms with van der Waals surface area (Å²) >= 11 is 3.98. The van der Waals surface area contributed by atoms with Crippen LogP contribution in [0.5, 0.6) is 0 Å². The number of hydrogen-bond donors (Lipinski definition) is 1. The van der Waals surface area contributed by atoms with E-state index in [-0.39, 0.29) is 0 Å². The lowest BCUT2D eigenvalue weighted by Crippen LogP contribution is -2.51. The first-order valence-corrected chi connectivity index (χ1v) is 9.05. The molecule has 0 aliphatic carbocycles. The van der Waals surface area contributed by atoms with Crippen LogP contribution in [0.2, 0.25) is 0 Å². The zero-order valence-electron chi connectivity index (χ0n) is 12.2. The molecule has 18 heavy (non-hydrogen) atoms. The summed E-state index contributed by atoms with van der Waals surface area (Å²) < 4.78 is 0.342. The van der Waals surface area contributed by atoms with Crippen LogP contribution in [0.1, 0.15) is 26.7 Å². The van der Waals surface area contributed by atoms with Crippen LogP contribution < -0.4 is 5.32 Å². The first-order valence-electron chi connectivity index (χ1n) is 6.67. The smallest absolute Gasteiger partial charge is 0.193 e. The Labute approximate surface area is 121 Å². The maximum absolute atomic E-state index is 4.41. The Bertz CT molecular complexity index is 267. The molecule has 0 aromatic heterocycles. The zero-order chi connectivity index (χ0) is 13.4. The second-order valence-corrected chi connectivity index (χ2v) is 7.99. The first-order chi connectivity index (χ1) is 8.59. The van der Waals surface area contributed by atoms with E-state index in [4.69, 9.17) is 0 Å². The maximum atomic E-state index is 4.41. The van der Waals surface area contributed by atoms with Crippen LogP contribution in [0.3, 0.4) is 0 Å². The molecular formula is C13H27N3S2. The molecule has 1 N–H and O–H groups in total. The molecule has 1 rings (SSSR count). The summed E-state index contributed by atoms with van der Waals surface area (Å²) in [4.78, 5) is 6.81. The van der Waals surface area contributed by atoms with Crippen LogP contribution in [0.25, 0.3) is 0 Å². The van der Waals surface area contributed by atoms with E-state index in [2.05, 4.69) is 47.1 Å². The highest BCUT2D eigenvalue weighted by atomic mass is 32.2. The lowest BCUT2D eigenvalue weighted by atomic mass is 10.2. The molecule has 5 heteroatoms. The molecule has 0 saturated carbocycles. The van der Waals surface area contributed by atoms with Crippen molar-refractivity contribution < 1.29 is 0 Å². The molecule has 1 fully saturated rings. The van der Waals surface area contributed by atoms with Gasteiger partial charge >= 0.3 is 0 Å². The number of aliphatic imine (C=N–C) groups is 1. The third-order valence-electron chi connectivity index (χ3n) is 3.00. The molecule has 1 aliphatic rings. The number of rotatable bonds is 5. The summed E-state index contributed by atoms with van der Waals surface area (Å²) in [6, 6.07) is 0. The SMILES string of the molecule is CN=C(NCCCCSC)N1CCSC(C)(C)C1. The summed E-state index contributed by atoms with van der Waals surface area (Å²) in [5.41, 5.74) is 0. The molecular weight excluding hydrogens is 262 g/mol. The molecule has 0 bridgehead atoms. The second kappa shape index (κ2) is 8.20. The highest BCUT2D eigenvalue weighted by molar-refractivity contribution is 8.00. The van der Waals surface area contributed by atoms with E-state index in [1.54, 1.807) is 0 Å². The molecule has 1 saturated heterocycles. The summed E-state index contributed by atoms with van der Waals surface area (Å²) in [6.45, 7) is 7.86. The fourth-order valence-corrected chi connectivity index (χ4v) is 3.71. The van der Waals surface area contributed by atoms with Crippen LogP contribution >= 0.6 is 23.5 Å². The van der Waals surface area contributed by atoms with Gasteiger partial charge in [0.1, 0.15) is 0 Å². The molecule has 0 spiro atoms. The van der Waals surface area contributed by atoms with Gasteiger partial charge in [0.05, 0.1) is 0 Å². The Hall–Kier alpha value is -0.0300. The third kappa shape index (κ3) is 5.74. The minimum absolute atomic E-state index is 0.342. The molecule has 0 atom stereocenters. The van der Waals surface area contributed by atoms with E-state index in [0.717, 1.165) is 25.6 Å². The Morgan fingerprint density at radius 1 is 1.44 bits per heavy atom. The van der Waals surface area contributed by atoms with Crippen molar-refractivity contribution >= 4 is 29.5 Å². The number of nitrogens with zero attached hydrogens (tertiary/aromatic N) is 2. The van der Waals surface area contributed by atoms with Gasteiger partial charge in [-0.05, 0) is 38.7 Å². The molecule has 0 radical (unpaired) electrons. The van der Waals surface area contributed by atoms with Crippen LogP contribution in [0.15, 0.2) is 4.99 Å². The standard InChI is InChI=1S/C13H27N3S2/c1-13(2)11-16(8-10-18-13)12(14-3)15-7-5-6-9-17-4/h5-11H2,1-4H3,(H,14,15). The van der Waals surface area contributed by atoms with Gasteiger partial charge in [-0.1, -0.05) is 0 Å². The van der Waals surface area contributed by atoms with Gasteiger partial charge in [-0.25, -0.2) is 0 Å². The molecule has 1 aliphatic heterocycles. The molecule has 0 unspecified atom stereocenters. The number of hydrogen-bond acceptors (Lipinski definition) is 3. The van der Waals surface area contributed by atoms with Gasteiger partial charge in [0.2, 0.25) is 0 Å². The van der Waals surface area contributed by atoms with E-state index in [1.165, 1.54) is 24.3 Å². The van der Waals surface area contributed by atoms with Gasteiger partial charge in [-0.3, -0.25) is 4.99 Å². The van der Waals surface area contributed by atoms with Gasteiger partial charge in [0.15, 0.2) is 5.96 Å². The molecule has 0 aromatic carbocycles. The monoisotopic (exact) mass is 289 g/mol. The van der Waals surface area contributed by atoms with Crippen molar-refractivity contribution in [3.8, 4) is 0 Å². The predicted octanol–water partition coefficient (Wildman–Crippen LogP) is 2.53. The van der Waals surface area contributed by atoms with E-state index in [9.17, 15) is 0 Å². The van der Waals surface area contributed by atoms with Gasteiger partial charge in [0, 0.05) is 37.2 Å². The van der Waals surface area contributed by atoms with Crippen molar-refractivity contribution in [3.63, 3.8) is 0 Å². The van der Waals surface area contributed by atoms with Crippen molar-refractivity contribution in [1.82, 2.24) is 10.2 Å². The van der Waals surface area contributed by atoms with Gasteiger partial charge in [0.25, 0.3) is 0 Å². The minimum Gasteiger partial charge on any atom is -0.356 e. The van der Waals surface area contributed by atoms with Crippen LogP contribution in [-0.2, 0) is 0 Å². The van der Waals surface area contributed by atoms with Gasteiger partial charge in [-0.2, -0.15) is 23.5 Å². The van der Waals surface area contributed by atoms with Crippen molar-refractivity contribution in [2.24, 2.45) is 4.99 Å². The number of unbranched alkanes of at least 4 members (excludes halogenated alkanes) is 1. The quantitative estimate of drug-likeness (QED) is 0.478. The van der Waals surface area contributed by atoms with Crippen molar-refractivity contribution in [2.75, 3.05) is 44.4 Å². The highest BCUT2D eigenvalue weighted by Crippen LogP contribution is 2.29. The second-order valence-electron chi connectivity index (χ2n) is 5.20. The van der Waals surface area contributed by atoms with Crippen molar-refractivity contribution in [3.05, 3.63) is 0 Å². The lowest BCUT2D eigenvalue weighted by molar-refractivity contribution is 0.375. The number of thioether (sulfide) groups is 2. The fraction of sp³-hybridized carbons (Fsp3) is 0.923. The van der Waals surface area contributed by atoms with Crippen LogP contribution in [0, 0.1) is 0 Å². The van der Waals surface area contributed by atoms with Gasteiger partial charge < -0.3 is 10.2 Å². The highest BCUT2D eigenvalue weighted by Gasteiger charge is 2.28. The largest absolute Gasteiger partial charge is 0.356 e. The van der Waals surface area contributed by atoms with E-state index < -0.39 is 0 Å². The van der Waals surface area contributed by atoms with E-state index in [0.29, 0.717) is 4.75 Å². The average Bonchev–Trinajstić information content (AvgIpc) is 2.32. The number of nitrogens with one attached hydrogen (secondary N) is 1. The topological polar surface area (TPSA) is 27.6 Å². The summed E-state index contributed by atoms with van der Waals surface area (Å²) in [6.07, 6.45) is 4.68. The normalized spacial score (nSPS) is 20.0. The van der Waals surface area contributed by atoms with E-state index >= 15 is 0 Å². The lowest BCUT2D eigenvalue weighted by Gasteiger charge is -2.39. The Balaban J connectivity index is 2.32. The van der Waals surface area contributed by atoms with Crippen LogP contribution in [0.4, 0.5) is 0 Å². The van der Waals surface area contributed by atoms with Crippen molar-refractivity contribution in [1.29, 1.82) is 0 Å². The Kier molecular flexibility index (Phi) is 7.30. The summed E-state index contributed by atoms with van der Waals surface area (Å²) in [5, 5.41) is 3.49. The minimum atomic E-state index is 0.342. The fourth-order valence-electron chi connectivity index (χ4n) is 2.10. The Morgan fingerprint density at radius 3 is 2.83 bits per heavy atom. The van der Waals surface area contributed by atoms with Crippen LogP contribution in [-0.4, -0.2) is 60.0 Å². The third-order valence-corrected chi connectivity index (χ3v) is 4.99.